The lowest BCUT2D eigenvalue weighted by molar-refractivity contribution is -0.128. The van der Waals surface area contributed by atoms with E-state index >= 15 is 0 Å². The van der Waals surface area contributed by atoms with E-state index in [1.807, 2.05) is 56.3 Å². The molecule has 0 radical (unpaired) electrons. The number of ether oxygens (including phenoxy) is 2. The van der Waals surface area contributed by atoms with E-state index in [4.69, 9.17) is 9.47 Å². The number of fused-ring (bicyclic) bond motifs is 1. The molecular weight excluding hydrogens is 266 g/mol. The minimum absolute atomic E-state index is 0.208. The van der Waals surface area contributed by atoms with Crippen molar-refractivity contribution in [1.82, 2.24) is 0 Å². The Morgan fingerprint density at radius 3 is 2.29 bits per heavy atom. The van der Waals surface area contributed by atoms with Crippen molar-refractivity contribution in [2.75, 3.05) is 5.32 Å². The average Bonchev–Trinajstić information content (AvgIpc) is 2.49. The number of para-hydroxylation sites is 2. The fourth-order valence-corrected chi connectivity index (χ4v) is 2.26. The second kappa shape index (κ2) is 5.48. The topological polar surface area (TPSA) is 47.6 Å². The van der Waals surface area contributed by atoms with Crippen LogP contribution in [0.15, 0.2) is 48.5 Å². The molecule has 2 aromatic rings. The molecule has 0 aromatic heterocycles. The van der Waals surface area contributed by atoms with Crippen molar-refractivity contribution >= 4 is 11.6 Å². The number of nitrogens with one attached hydrogen (secondary N) is 1. The Morgan fingerprint density at radius 2 is 1.62 bits per heavy atom. The van der Waals surface area contributed by atoms with E-state index in [0.29, 0.717) is 11.5 Å². The summed E-state index contributed by atoms with van der Waals surface area (Å²) < 4.78 is 11.5. The molecule has 0 spiro atoms. The van der Waals surface area contributed by atoms with Crippen LogP contribution in [-0.4, -0.2) is 18.1 Å². The van der Waals surface area contributed by atoms with Crippen LogP contribution in [0.25, 0.3) is 0 Å². The van der Waals surface area contributed by atoms with E-state index in [1.54, 1.807) is 6.07 Å². The Morgan fingerprint density at radius 1 is 1.00 bits per heavy atom. The number of carbonyl (C=O) groups is 1. The van der Waals surface area contributed by atoms with Crippen LogP contribution in [0, 0.1) is 6.92 Å². The Balaban J connectivity index is 1.74. The Bertz CT molecular complexity index is 651. The molecule has 0 saturated carbocycles. The van der Waals surface area contributed by atoms with Crippen molar-refractivity contribution < 1.29 is 14.3 Å². The van der Waals surface area contributed by atoms with Crippen LogP contribution in [0.4, 0.5) is 5.69 Å². The highest BCUT2D eigenvalue weighted by Gasteiger charge is 2.33. The van der Waals surface area contributed by atoms with Gasteiger partial charge in [-0.15, -0.1) is 0 Å². The van der Waals surface area contributed by atoms with E-state index in [9.17, 15) is 4.79 Å². The number of hydrogen-bond donors (Lipinski definition) is 1. The van der Waals surface area contributed by atoms with Gasteiger partial charge in [-0.3, -0.25) is 4.79 Å². The van der Waals surface area contributed by atoms with Gasteiger partial charge in [-0.25, -0.2) is 0 Å². The maximum Gasteiger partial charge on any atom is 0.269 e. The molecule has 0 saturated heterocycles. The highest BCUT2D eigenvalue weighted by Crippen LogP contribution is 2.33. The molecule has 0 fully saturated rings. The van der Waals surface area contributed by atoms with Gasteiger partial charge < -0.3 is 14.8 Å². The third-order valence-corrected chi connectivity index (χ3v) is 3.42. The second-order valence-electron chi connectivity index (χ2n) is 5.16. The van der Waals surface area contributed by atoms with Crippen LogP contribution in [0.5, 0.6) is 11.5 Å². The molecule has 0 aliphatic carbocycles. The van der Waals surface area contributed by atoms with Crippen LogP contribution < -0.4 is 14.8 Å². The molecule has 21 heavy (non-hydrogen) atoms. The minimum atomic E-state index is -0.666. The first-order chi connectivity index (χ1) is 10.1. The number of carbonyl (C=O) groups excluding carboxylic acids is 1. The predicted molar refractivity (Wildman–Crippen MR) is 80.8 cm³/mol. The van der Waals surface area contributed by atoms with Gasteiger partial charge >= 0.3 is 0 Å². The SMILES string of the molecule is Cc1ccc(NC(=O)[C@@H]2Oc3ccccc3O[C@H]2C)cc1. The monoisotopic (exact) mass is 283 g/mol. The fourth-order valence-electron chi connectivity index (χ4n) is 2.26. The molecule has 4 heteroatoms. The van der Waals surface area contributed by atoms with E-state index in [1.165, 1.54) is 0 Å². The number of amides is 1. The first kappa shape index (κ1) is 13.5. The van der Waals surface area contributed by atoms with Gasteiger partial charge in [0.05, 0.1) is 0 Å². The van der Waals surface area contributed by atoms with Crippen molar-refractivity contribution in [3.8, 4) is 11.5 Å². The van der Waals surface area contributed by atoms with Crippen LogP contribution in [0.1, 0.15) is 12.5 Å². The number of hydrogen-bond acceptors (Lipinski definition) is 3. The van der Waals surface area contributed by atoms with E-state index in [-0.39, 0.29) is 12.0 Å². The smallest absolute Gasteiger partial charge is 0.269 e. The highest BCUT2D eigenvalue weighted by molar-refractivity contribution is 5.95. The van der Waals surface area contributed by atoms with E-state index in [0.717, 1.165) is 11.3 Å². The quantitative estimate of drug-likeness (QED) is 0.921. The molecule has 1 aliphatic heterocycles. The summed E-state index contributed by atoms with van der Waals surface area (Å²) in [5.74, 6) is 1.06. The van der Waals surface area contributed by atoms with Gasteiger partial charge in [0.2, 0.25) is 6.10 Å². The minimum Gasteiger partial charge on any atom is -0.482 e. The summed E-state index contributed by atoms with van der Waals surface area (Å²) in [6.45, 7) is 3.83. The summed E-state index contributed by atoms with van der Waals surface area (Å²) >= 11 is 0. The summed E-state index contributed by atoms with van der Waals surface area (Å²) in [5, 5.41) is 2.86. The van der Waals surface area contributed by atoms with Gasteiger partial charge in [-0.1, -0.05) is 29.8 Å². The molecule has 1 N–H and O–H groups in total. The van der Waals surface area contributed by atoms with Crippen molar-refractivity contribution in [2.24, 2.45) is 0 Å². The third-order valence-electron chi connectivity index (χ3n) is 3.42. The number of aryl methyl sites for hydroxylation is 1. The number of benzene rings is 2. The zero-order valence-electron chi connectivity index (χ0n) is 12.0. The van der Waals surface area contributed by atoms with E-state index in [2.05, 4.69) is 5.32 Å². The molecule has 2 atom stereocenters. The molecule has 108 valence electrons. The molecule has 0 bridgehead atoms. The van der Waals surface area contributed by atoms with E-state index < -0.39 is 6.10 Å². The van der Waals surface area contributed by atoms with Crippen LogP contribution in [0.2, 0.25) is 0 Å². The van der Waals surface area contributed by atoms with Crippen LogP contribution in [-0.2, 0) is 4.79 Å². The Labute approximate surface area is 123 Å². The summed E-state index contributed by atoms with van der Waals surface area (Å²) in [6.07, 6.45) is -1.01. The standard InChI is InChI=1S/C17H17NO3/c1-11-7-9-13(10-8-11)18-17(19)16-12(2)20-14-5-3-4-6-15(14)21-16/h3-10,12,16H,1-2H3,(H,18,19)/t12-,16+/m0/s1. The average molecular weight is 283 g/mol. The highest BCUT2D eigenvalue weighted by atomic mass is 16.6. The maximum atomic E-state index is 12.4. The van der Waals surface area contributed by atoms with Gasteiger partial charge in [0.25, 0.3) is 5.91 Å². The first-order valence-corrected chi connectivity index (χ1v) is 6.93. The van der Waals surface area contributed by atoms with Gasteiger partial charge in [0.15, 0.2) is 11.5 Å². The number of anilines is 1. The number of rotatable bonds is 2. The van der Waals surface area contributed by atoms with Gasteiger partial charge in [0.1, 0.15) is 6.10 Å². The lowest BCUT2D eigenvalue weighted by atomic mass is 10.1. The maximum absolute atomic E-state index is 12.4. The van der Waals surface area contributed by atoms with Gasteiger partial charge in [-0.05, 0) is 38.1 Å². The largest absolute Gasteiger partial charge is 0.482 e. The summed E-state index contributed by atoms with van der Waals surface area (Å²) in [4.78, 5) is 12.4. The lowest BCUT2D eigenvalue weighted by Gasteiger charge is -2.31. The second-order valence-corrected chi connectivity index (χ2v) is 5.16. The van der Waals surface area contributed by atoms with Gasteiger partial charge in [-0.2, -0.15) is 0 Å². The predicted octanol–water partition coefficient (Wildman–Crippen LogP) is 3.16. The zero-order valence-corrected chi connectivity index (χ0v) is 12.0. The molecule has 1 amide bonds. The summed E-state index contributed by atoms with van der Waals surface area (Å²) in [7, 11) is 0. The summed E-state index contributed by atoms with van der Waals surface area (Å²) in [5.41, 5.74) is 1.90. The molecule has 0 unspecified atom stereocenters. The van der Waals surface area contributed by atoms with Crippen molar-refractivity contribution in [1.29, 1.82) is 0 Å². The van der Waals surface area contributed by atoms with Crippen molar-refractivity contribution in [2.45, 2.75) is 26.1 Å². The molecule has 2 aromatic carbocycles. The lowest BCUT2D eigenvalue weighted by Crippen LogP contribution is -2.46. The summed E-state index contributed by atoms with van der Waals surface area (Å²) in [6, 6.07) is 15.0. The Kier molecular flexibility index (Phi) is 3.52. The molecule has 1 heterocycles. The van der Waals surface area contributed by atoms with Crippen LogP contribution >= 0.6 is 0 Å². The molecular formula is C17H17NO3. The van der Waals surface area contributed by atoms with Gasteiger partial charge in [0, 0.05) is 5.69 Å². The zero-order chi connectivity index (χ0) is 14.8. The molecule has 1 aliphatic rings. The fraction of sp³-hybridized carbons (Fsp3) is 0.235. The normalized spacial score (nSPS) is 19.9. The molecule has 4 nitrogen and oxygen atoms in total. The Hall–Kier alpha value is -2.49. The molecule has 3 rings (SSSR count). The third kappa shape index (κ3) is 2.84. The van der Waals surface area contributed by atoms with Crippen molar-refractivity contribution in [3.05, 3.63) is 54.1 Å². The van der Waals surface area contributed by atoms with Crippen molar-refractivity contribution in [3.63, 3.8) is 0 Å². The first-order valence-electron chi connectivity index (χ1n) is 6.93. The van der Waals surface area contributed by atoms with Crippen LogP contribution in [0.3, 0.4) is 0 Å².